The number of nitrogens with zero attached hydrogens (tertiary/aromatic N) is 2. The van der Waals surface area contributed by atoms with Crippen LogP contribution in [0.2, 0.25) is 0 Å². The third-order valence-electron chi connectivity index (χ3n) is 3.87. The van der Waals surface area contributed by atoms with Crippen LogP contribution < -0.4 is 16.4 Å². The highest BCUT2D eigenvalue weighted by atomic mass is 32.1. The second-order valence-corrected chi connectivity index (χ2v) is 6.45. The summed E-state index contributed by atoms with van der Waals surface area (Å²) in [5.41, 5.74) is 0.117. The fourth-order valence-electron chi connectivity index (χ4n) is 2.58. The highest BCUT2D eigenvalue weighted by Crippen LogP contribution is 2.10. The number of benzene rings is 1. The molecule has 1 amide bonds. The van der Waals surface area contributed by atoms with E-state index in [1.807, 2.05) is 23.6 Å². The maximum atomic E-state index is 12.3. The van der Waals surface area contributed by atoms with Gasteiger partial charge in [0, 0.05) is 24.9 Å². The number of para-hydroxylation sites is 2. The molecule has 0 aliphatic rings. The van der Waals surface area contributed by atoms with Gasteiger partial charge in [0.15, 0.2) is 0 Å². The molecule has 0 spiro atoms. The lowest BCUT2D eigenvalue weighted by Crippen LogP contribution is -2.41. The van der Waals surface area contributed by atoms with Gasteiger partial charge in [-0.2, -0.15) is 0 Å². The van der Waals surface area contributed by atoms with E-state index >= 15 is 0 Å². The van der Waals surface area contributed by atoms with Gasteiger partial charge in [-0.25, -0.2) is 0 Å². The molecule has 0 atom stereocenters. The number of hydrogen-bond acceptors (Lipinski definition) is 4. The molecule has 2 aromatic heterocycles. The van der Waals surface area contributed by atoms with Crippen LogP contribution >= 0.6 is 11.3 Å². The van der Waals surface area contributed by atoms with E-state index in [9.17, 15) is 14.4 Å². The molecule has 0 aliphatic carbocycles. The second kappa shape index (κ2) is 6.84. The van der Waals surface area contributed by atoms with Crippen molar-refractivity contribution >= 4 is 28.3 Å². The molecule has 7 heteroatoms. The molecule has 0 saturated heterocycles. The van der Waals surface area contributed by atoms with Crippen LogP contribution in [0.5, 0.6) is 0 Å². The van der Waals surface area contributed by atoms with Crippen molar-refractivity contribution in [3.05, 3.63) is 67.4 Å². The van der Waals surface area contributed by atoms with E-state index in [0.29, 0.717) is 17.6 Å². The molecule has 0 saturated carbocycles. The Kier molecular flexibility index (Phi) is 4.61. The third kappa shape index (κ3) is 3.16. The van der Waals surface area contributed by atoms with Crippen LogP contribution in [0.4, 0.5) is 0 Å². The Morgan fingerprint density at radius 1 is 1.08 bits per heavy atom. The Balaban J connectivity index is 1.79. The van der Waals surface area contributed by atoms with Crippen LogP contribution in [0.25, 0.3) is 11.0 Å². The maximum Gasteiger partial charge on any atom is 0.316 e. The van der Waals surface area contributed by atoms with E-state index in [0.717, 1.165) is 4.88 Å². The zero-order chi connectivity index (χ0) is 17.1. The molecule has 0 aliphatic heterocycles. The van der Waals surface area contributed by atoms with Crippen LogP contribution in [0.1, 0.15) is 11.3 Å². The molecular weight excluding hydrogens is 326 g/mol. The predicted octanol–water partition coefficient (Wildman–Crippen LogP) is 1.47. The summed E-state index contributed by atoms with van der Waals surface area (Å²) in [6, 6.07) is 11.1. The first-order valence-corrected chi connectivity index (χ1v) is 8.43. The average Bonchev–Trinajstić information content (AvgIpc) is 3.11. The van der Waals surface area contributed by atoms with E-state index in [4.69, 9.17) is 0 Å². The molecule has 24 heavy (non-hydrogen) atoms. The van der Waals surface area contributed by atoms with Crippen LogP contribution in [-0.4, -0.2) is 15.0 Å². The minimum absolute atomic E-state index is 0.141. The normalized spacial score (nSPS) is 10.9. The summed E-state index contributed by atoms with van der Waals surface area (Å²) in [4.78, 5) is 37.4. The van der Waals surface area contributed by atoms with Gasteiger partial charge in [0.25, 0.3) is 0 Å². The van der Waals surface area contributed by atoms with Crippen molar-refractivity contribution in [1.82, 2.24) is 14.5 Å². The Bertz CT molecular complexity index is 986. The van der Waals surface area contributed by atoms with Crippen molar-refractivity contribution in [3.8, 4) is 0 Å². The molecule has 0 unspecified atom stereocenters. The number of hydrogen-bond donors (Lipinski definition) is 1. The van der Waals surface area contributed by atoms with Gasteiger partial charge >= 0.3 is 11.1 Å². The van der Waals surface area contributed by atoms with Gasteiger partial charge in [-0.3, -0.25) is 14.4 Å². The topological polar surface area (TPSA) is 73.1 Å². The molecule has 0 radical (unpaired) electrons. The Hall–Kier alpha value is -2.67. The first-order chi connectivity index (χ1) is 11.6. The van der Waals surface area contributed by atoms with Gasteiger partial charge in [-0.05, 0) is 23.6 Å². The van der Waals surface area contributed by atoms with E-state index in [1.54, 1.807) is 36.6 Å². The number of aromatic nitrogens is 2. The molecule has 2 heterocycles. The maximum absolute atomic E-state index is 12.3. The number of carbonyl (C=O) groups is 1. The largest absolute Gasteiger partial charge is 0.351 e. The average molecular weight is 343 g/mol. The van der Waals surface area contributed by atoms with Crippen molar-refractivity contribution in [2.24, 2.45) is 7.05 Å². The van der Waals surface area contributed by atoms with Gasteiger partial charge in [-0.15, -0.1) is 11.3 Å². The SMILES string of the molecule is Cn1c(=O)c(=O)n(CCC(=O)NCc2cccs2)c2ccccc21. The first-order valence-electron chi connectivity index (χ1n) is 7.55. The predicted molar refractivity (Wildman–Crippen MR) is 94.2 cm³/mol. The number of nitrogens with one attached hydrogen (secondary N) is 1. The Labute approximate surface area is 142 Å². The van der Waals surface area contributed by atoms with Crippen molar-refractivity contribution < 1.29 is 4.79 Å². The van der Waals surface area contributed by atoms with E-state index in [2.05, 4.69) is 5.32 Å². The number of fused-ring (bicyclic) bond motifs is 1. The summed E-state index contributed by atoms with van der Waals surface area (Å²) in [5, 5.41) is 4.77. The van der Waals surface area contributed by atoms with Crippen LogP contribution in [0, 0.1) is 0 Å². The van der Waals surface area contributed by atoms with E-state index in [1.165, 1.54) is 9.13 Å². The summed E-state index contributed by atoms with van der Waals surface area (Å²) in [6.45, 7) is 0.647. The lowest BCUT2D eigenvalue weighted by molar-refractivity contribution is -0.121. The zero-order valence-electron chi connectivity index (χ0n) is 13.2. The third-order valence-corrected chi connectivity index (χ3v) is 4.75. The number of thiophene rings is 1. The quantitative estimate of drug-likeness (QED) is 0.713. The van der Waals surface area contributed by atoms with Gasteiger partial charge in [-0.1, -0.05) is 18.2 Å². The molecular formula is C17H17N3O3S. The minimum atomic E-state index is -0.609. The molecule has 0 bridgehead atoms. The molecule has 0 fully saturated rings. The fraction of sp³-hybridized carbons (Fsp3) is 0.235. The molecule has 3 rings (SSSR count). The van der Waals surface area contributed by atoms with Crippen molar-refractivity contribution in [3.63, 3.8) is 0 Å². The molecule has 124 valence electrons. The van der Waals surface area contributed by atoms with Gasteiger partial charge in [0.2, 0.25) is 5.91 Å². The van der Waals surface area contributed by atoms with Crippen LogP contribution in [-0.2, 0) is 24.9 Å². The lowest BCUT2D eigenvalue weighted by Gasteiger charge is -2.12. The van der Waals surface area contributed by atoms with Gasteiger partial charge in [0.1, 0.15) is 0 Å². The summed E-state index contributed by atoms with van der Waals surface area (Å²) in [7, 11) is 1.57. The van der Waals surface area contributed by atoms with Gasteiger partial charge in [0.05, 0.1) is 17.6 Å². The van der Waals surface area contributed by atoms with Crippen LogP contribution in [0.3, 0.4) is 0 Å². The fourth-order valence-corrected chi connectivity index (χ4v) is 3.22. The van der Waals surface area contributed by atoms with Crippen molar-refractivity contribution in [1.29, 1.82) is 0 Å². The summed E-state index contributed by atoms with van der Waals surface area (Å²) >= 11 is 1.57. The summed E-state index contributed by atoms with van der Waals surface area (Å²) in [5.74, 6) is -0.153. The monoisotopic (exact) mass is 343 g/mol. The standard InChI is InChI=1S/C17H17N3O3S/c1-19-13-6-2-3-7-14(13)20(17(23)16(19)22)9-8-15(21)18-11-12-5-4-10-24-12/h2-7,10H,8-9,11H2,1H3,(H,18,21). The van der Waals surface area contributed by atoms with Crippen molar-refractivity contribution in [2.45, 2.75) is 19.5 Å². The van der Waals surface area contributed by atoms with Gasteiger partial charge < -0.3 is 14.5 Å². The summed E-state index contributed by atoms with van der Waals surface area (Å²) < 4.78 is 2.72. The zero-order valence-corrected chi connectivity index (χ0v) is 14.0. The highest BCUT2D eigenvalue weighted by Gasteiger charge is 2.11. The lowest BCUT2D eigenvalue weighted by atomic mass is 10.2. The van der Waals surface area contributed by atoms with Crippen LogP contribution in [0.15, 0.2) is 51.4 Å². The van der Waals surface area contributed by atoms with E-state index < -0.39 is 11.1 Å². The smallest absolute Gasteiger partial charge is 0.316 e. The molecule has 1 N–H and O–H groups in total. The molecule has 1 aromatic carbocycles. The number of rotatable bonds is 5. The Morgan fingerprint density at radius 2 is 1.83 bits per heavy atom. The molecule has 3 aromatic rings. The Morgan fingerprint density at radius 3 is 2.54 bits per heavy atom. The highest BCUT2D eigenvalue weighted by molar-refractivity contribution is 7.09. The van der Waals surface area contributed by atoms with E-state index in [-0.39, 0.29) is 18.9 Å². The number of aryl methyl sites for hydroxylation is 2. The van der Waals surface area contributed by atoms with Crippen molar-refractivity contribution in [2.75, 3.05) is 0 Å². The minimum Gasteiger partial charge on any atom is -0.351 e. The second-order valence-electron chi connectivity index (χ2n) is 5.42. The molecule has 6 nitrogen and oxygen atoms in total. The number of amides is 1. The summed E-state index contributed by atoms with van der Waals surface area (Å²) in [6.07, 6.45) is 0.141. The number of carbonyl (C=O) groups excluding carboxylic acids is 1. The first kappa shape index (κ1) is 16.2.